The number of benzene rings is 1. The van der Waals surface area contributed by atoms with Crippen molar-refractivity contribution in [1.82, 2.24) is 15.6 Å². The smallest absolute Gasteiger partial charge is 0.319 e. The Balaban J connectivity index is 1.44. The van der Waals surface area contributed by atoms with Gasteiger partial charge in [-0.15, -0.1) is 0 Å². The van der Waals surface area contributed by atoms with Gasteiger partial charge in [0.25, 0.3) is 0 Å². The first-order chi connectivity index (χ1) is 14.5. The van der Waals surface area contributed by atoms with Crippen LogP contribution in [0.3, 0.4) is 0 Å². The maximum absolute atomic E-state index is 13.0. The van der Waals surface area contributed by atoms with E-state index in [0.717, 1.165) is 5.69 Å². The van der Waals surface area contributed by atoms with Crippen LogP contribution >= 0.6 is 0 Å². The third-order valence-electron chi connectivity index (χ3n) is 4.82. The SMILES string of the molecule is O=C(C[C@H]1CC[C@H](NC(=O)Nc2ccc(F)cc2)[C@@H](CO)O1)NCc1ccccn1. The molecule has 9 heteroatoms. The molecule has 30 heavy (non-hydrogen) atoms. The van der Waals surface area contributed by atoms with Crippen LogP contribution in [0, 0.1) is 5.82 Å². The number of hydrogen-bond donors (Lipinski definition) is 4. The fraction of sp³-hybridized carbons (Fsp3) is 0.381. The van der Waals surface area contributed by atoms with Crippen LogP contribution in [-0.4, -0.2) is 46.9 Å². The Kier molecular flexibility index (Phi) is 7.69. The second-order valence-corrected chi connectivity index (χ2v) is 7.07. The zero-order valence-corrected chi connectivity index (χ0v) is 16.4. The molecular formula is C21H25FN4O4. The molecule has 0 aliphatic carbocycles. The average Bonchev–Trinajstić information content (AvgIpc) is 2.75. The largest absolute Gasteiger partial charge is 0.394 e. The fourth-order valence-electron chi connectivity index (χ4n) is 3.29. The Morgan fingerprint density at radius 1 is 1.17 bits per heavy atom. The normalized spacial score (nSPS) is 20.9. The van der Waals surface area contributed by atoms with Gasteiger partial charge in [0, 0.05) is 11.9 Å². The van der Waals surface area contributed by atoms with Gasteiger partial charge in [-0.05, 0) is 49.2 Å². The number of aliphatic hydroxyl groups is 1. The number of hydrogen-bond acceptors (Lipinski definition) is 5. The molecule has 8 nitrogen and oxygen atoms in total. The minimum atomic E-state index is -0.619. The van der Waals surface area contributed by atoms with Gasteiger partial charge in [0.15, 0.2) is 0 Å². The van der Waals surface area contributed by atoms with Crippen molar-refractivity contribution in [2.45, 2.75) is 44.1 Å². The van der Waals surface area contributed by atoms with Gasteiger partial charge in [0.1, 0.15) is 11.9 Å². The summed E-state index contributed by atoms with van der Waals surface area (Å²) in [7, 11) is 0. The Morgan fingerprint density at radius 3 is 2.67 bits per heavy atom. The Hall–Kier alpha value is -3.04. The van der Waals surface area contributed by atoms with Crippen molar-refractivity contribution in [1.29, 1.82) is 0 Å². The number of pyridine rings is 1. The number of carbonyl (C=O) groups is 2. The number of rotatable bonds is 7. The number of aliphatic hydroxyl groups excluding tert-OH is 1. The van der Waals surface area contributed by atoms with Crippen LogP contribution in [0.15, 0.2) is 48.7 Å². The molecule has 3 rings (SSSR count). The van der Waals surface area contributed by atoms with Crippen LogP contribution in [0.25, 0.3) is 0 Å². The first-order valence-corrected chi connectivity index (χ1v) is 9.79. The predicted molar refractivity (Wildman–Crippen MR) is 108 cm³/mol. The van der Waals surface area contributed by atoms with E-state index in [1.807, 2.05) is 12.1 Å². The molecule has 1 saturated heterocycles. The molecule has 2 aromatic rings. The van der Waals surface area contributed by atoms with E-state index in [-0.39, 0.29) is 25.0 Å². The summed E-state index contributed by atoms with van der Waals surface area (Å²) >= 11 is 0. The van der Waals surface area contributed by atoms with Gasteiger partial charge in [0.2, 0.25) is 5.91 Å². The average molecular weight is 416 g/mol. The number of anilines is 1. The number of carbonyl (C=O) groups excluding carboxylic acids is 2. The lowest BCUT2D eigenvalue weighted by Crippen LogP contribution is -2.52. The second kappa shape index (κ2) is 10.7. The van der Waals surface area contributed by atoms with Crippen molar-refractivity contribution in [2.24, 2.45) is 0 Å². The topological polar surface area (TPSA) is 113 Å². The van der Waals surface area contributed by atoms with E-state index in [2.05, 4.69) is 20.9 Å². The third-order valence-corrected chi connectivity index (χ3v) is 4.82. The summed E-state index contributed by atoms with van der Waals surface area (Å²) in [4.78, 5) is 28.5. The molecule has 3 amide bonds. The summed E-state index contributed by atoms with van der Waals surface area (Å²) in [6.07, 6.45) is 1.99. The lowest BCUT2D eigenvalue weighted by atomic mass is 9.97. The highest BCUT2D eigenvalue weighted by Crippen LogP contribution is 2.22. The van der Waals surface area contributed by atoms with E-state index in [0.29, 0.717) is 25.1 Å². The Bertz CT molecular complexity index is 835. The van der Waals surface area contributed by atoms with Crippen molar-refractivity contribution in [3.05, 3.63) is 60.2 Å². The molecule has 1 aliphatic rings. The fourth-order valence-corrected chi connectivity index (χ4v) is 3.29. The maximum Gasteiger partial charge on any atom is 0.319 e. The van der Waals surface area contributed by atoms with Crippen molar-refractivity contribution in [3.8, 4) is 0 Å². The first kappa shape index (κ1) is 21.7. The van der Waals surface area contributed by atoms with E-state index >= 15 is 0 Å². The van der Waals surface area contributed by atoms with Crippen LogP contribution in [0.5, 0.6) is 0 Å². The Labute approximate surface area is 173 Å². The molecule has 1 fully saturated rings. The molecule has 4 N–H and O–H groups in total. The molecule has 0 spiro atoms. The highest BCUT2D eigenvalue weighted by Gasteiger charge is 2.32. The monoisotopic (exact) mass is 416 g/mol. The van der Waals surface area contributed by atoms with Crippen LogP contribution < -0.4 is 16.0 Å². The molecule has 2 heterocycles. The molecule has 160 valence electrons. The van der Waals surface area contributed by atoms with Gasteiger partial charge in [-0.2, -0.15) is 0 Å². The van der Waals surface area contributed by atoms with E-state index in [1.54, 1.807) is 12.3 Å². The summed E-state index contributed by atoms with van der Waals surface area (Å²) in [6, 6.07) is 10.0. The number of urea groups is 1. The molecule has 1 aromatic carbocycles. The molecule has 0 bridgehead atoms. The summed E-state index contributed by atoms with van der Waals surface area (Å²) < 4.78 is 18.8. The summed E-state index contributed by atoms with van der Waals surface area (Å²) in [5, 5.41) is 17.8. The zero-order valence-electron chi connectivity index (χ0n) is 16.4. The highest BCUT2D eigenvalue weighted by atomic mass is 19.1. The number of aromatic nitrogens is 1. The van der Waals surface area contributed by atoms with Gasteiger partial charge in [0.05, 0.1) is 37.4 Å². The number of amides is 3. The van der Waals surface area contributed by atoms with Crippen LogP contribution in [-0.2, 0) is 16.1 Å². The molecule has 1 aromatic heterocycles. The van der Waals surface area contributed by atoms with Crippen molar-refractivity contribution >= 4 is 17.6 Å². The van der Waals surface area contributed by atoms with Gasteiger partial charge in [-0.25, -0.2) is 9.18 Å². The van der Waals surface area contributed by atoms with Gasteiger partial charge < -0.3 is 25.8 Å². The number of nitrogens with one attached hydrogen (secondary N) is 3. The number of nitrogens with zero attached hydrogens (tertiary/aromatic N) is 1. The summed E-state index contributed by atoms with van der Waals surface area (Å²) in [6.45, 7) is 0.0527. The number of halogens is 1. The minimum Gasteiger partial charge on any atom is -0.394 e. The Morgan fingerprint density at radius 2 is 1.97 bits per heavy atom. The van der Waals surface area contributed by atoms with Gasteiger partial charge in [-0.3, -0.25) is 9.78 Å². The first-order valence-electron chi connectivity index (χ1n) is 9.79. The van der Waals surface area contributed by atoms with Crippen LogP contribution in [0.2, 0.25) is 0 Å². The molecule has 1 aliphatic heterocycles. The predicted octanol–water partition coefficient (Wildman–Crippen LogP) is 1.96. The summed E-state index contributed by atoms with van der Waals surface area (Å²) in [5.41, 5.74) is 1.22. The molecular weight excluding hydrogens is 391 g/mol. The third kappa shape index (κ3) is 6.50. The lowest BCUT2D eigenvalue weighted by Gasteiger charge is -2.35. The van der Waals surface area contributed by atoms with Crippen molar-refractivity contribution < 1.29 is 23.8 Å². The van der Waals surface area contributed by atoms with Crippen molar-refractivity contribution in [3.63, 3.8) is 0 Å². The van der Waals surface area contributed by atoms with E-state index < -0.39 is 24.0 Å². The van der Waals surface area contributed by atoms with E-state index in [9.17, 15) is 19.1 Å². The van der Waals surface area contributed by atoms with Crippen LogP contribution in [0.1, 0.15) is 25.0 Å². The summed E-state index contributed by atoms with van der Waals surface area (Å²) in [5.74, 6) is -0.556. The zero-order chi connectivity index (χ0) is 21.3. The van der Waals surface area contributed by atoms with Gasteiger partial charge in [-0.1, -0.05) is 6.07 Å². The molecule has 0 unspecified atom stereocenters. The lowest BCUT2D eigenvalue weighted by molar-refractivity contribution is -0.130. The highest BCUT2D eigenvalue weighted by molar-refractivity contribution is 5.89. The molecule has 3 atom stereocenters. The molecule has 0 saturated carbocycles. The maximum atomic E-state index is 13.0. The van der Waals surface area contributed by atoms with Crippen LogP contribution in [0.4, 0.5) is 14.9 Å². The van der Waals surface area contributed by atoms with E-state index in [1.165, 1.54) is 24.3 Å². The molecule has 0 radical (unpaired) electrons. The quantitative estimate of drug-likeness (QED) is 0.551. The second-order valence-electron chi connectivity index (χ2n) is 7.07. The van der Waals surface area contributed by atoms with Gasteiger partial charge >= 0.3 is 6.03 Å². The van der Waals surface area contributed by atoms with Crippen molar-refractivity contribution in [2.75, 3.05) is 11.9 Å². The minimum absolute atomic E-state index is 0.164. The number of ether oxygens (including phenoxy) is 1. The van der Waals surface area contributed by atoms with E-state index in [4.69, 9.17) is 4.74 Å². The standard InChI is InChI=1S/C21H25FN4O4/c22-14-4-6-15(7-5-14)25-21(29)26-18-9-8-17(30-19(18)13-27)11-20(28)24-12-16-3-1-2-10-23-16/h1-7,10,17-19,27H,8-9,11-13H2,(H,24,28)(H2,25,26,29)/t17-,18+,19-/m1/s1.